The van der Waals surface area contributed by atoms with E-state index in [0.717, 1.165) is 33.9 Å². The van der Waals surface area contributed by atoms with Crippen LogP contribution in [-0.4, -0.2) is 4.57 Å². The highest BCUT2D eigenvalue weighted by Crippen LogP contribution is 2.43. The lowest BCUT2D eigenvalue weighted by molar-refractivity contribution is 1.19. The van der Waals surface area contributed by atoms with Gasteiger partial charge in [-0.05, 0) is 92.9 Å². The Morgan fingerprint density at radius 1 is 0.300 bits per heavy atom. The van der Waals surface area contributed by atoms with Crippen molar-refractivity contribution in [2.75, 3.05) is 4.90 Å². The Kier molecular flexibility index (Phi) is 8.87. The molecule has 0 bridgehead atoms. The molecule has 0 radical (unpaired) electrons. The van der Waals surface area contributed by atoms with Crippen LogP contribution in [0.5, 0.6) is 0 Å². The van der Waals surface area contributed by atoms with E-state index in [1.165, 1.54) is 66.0 Å². The number of rotatable bonds is 8. The summed E-state index contributed by atoms with van der Waals surface area (Å²) in [5.74, 6) is 0. The Labute approximate surface area is 350 Å². The predicted octanol–water partition coefficient (Wildman–Crippen LogP) is 16.1. The molecule has 60 heavy (non-hydrogen) atoms. The lowest BCUT2D eigenvalue weighted by Crippen LogP contribution is -2.11. The summed E-state index contributed by atoms with van der Waals surface area (Å²) < 4.78 is 2.44. The number of fused-ring (bicyclic) bond motifs is 5. The van der Waals surface area contributed by atoms with Crippen LogP contribution in [0.2, 0.25) is 0 Å². The highest BCUT2D eigenvalue weighted by Gasteiger charge is 2.19. The van der Waals surface area contributed by atoms with Crippen molar-refractivity contribution in [1.29, 1.82) is 0 Å². The van der Waals surface area contributed by atoms with Gasteiger partial charge in [-0.25, -0.2) is 0 Å². The smallest absolute Gasteiger partial charge is 0.0619 e. The standard InChI is InChI=1S/C58H40N2/c1-3-17-41(18-4-1)50-26-9-10-27-51(50)44-33-36-47(37-34-44)59(56-31-13-11-28-52(56)42-19-5-2-6-20-42)48-24-15-22-45(39-48)46-23-16-25-49(40-46)60-57-32-14-12-30-54(57)55-38-35-43-21-7-8-29-53(43)58(55)60/h1-40H. The fraction of sp³-hybridized carbons (Fsp3) is 0. The fourth-order valence-corrected chi connectivity index (χ4v) is 9.00. The second-order valence-corrected chi connectivity index (χ2v) is 15.3. The first-order valence-electron chi connectivity index (χ1n) is 20.6. The zero-order valence-corrected chi connectivity index (χ0v) is 33.0. The third kappa shape index (κ3) is 6.23. The van der Waals surface area contributed by atoms with Crippen LogP contribution in [0.4, 0.5) is 17.1 Å². The molecule has 282 valence electrons. The largest absolute Gasteiger partial charge is 0.310 e. The van der Waals surface area contributed by atoms with Gasteiger partial charge >= 0.3 is 0 Å². The van der Waals surface area contributed by atoms with Crippen LogP contribution in [0.3, 0.4) is 0 Å². The van der Waals surface area contributed by atoms with E-state index < -0.39 is 0 Å². The average molecular weight is 765 g/mol. The van der Waals surface area contributed by atoms with Crippen LogP contribution in [0.15, 0.2) is 243 Å². The van der Waals surface area contributed by atoms with Crippen LogP contribution in [0.1, 0.15) is 0 Å². The molecule has 0 unspecified atom stereocenters. The summed E-state index contributed by atoms with van der Waals surface area (Å²) in [5, 5.41) is 5.01. The summed E-state index contributed by atoms with van der Waals surface area (Å²) in [6.07, 6.45) is 0. The summed E-state index contributed by atoms with van der Waals surface area (Å²) >= 11 is 0. The molecule has 0 saturated heterocycles. The van der Waals surface area contributed by atoms with E-state index in [0.29, 0.717) is 0 Å². The Bertz CT molecular complexity index is 3310. The van der Waals surface area contributed by atoms with E-state index in [2.05, 4.69) is 252 Å². The summed E-state index contributed by atoms with van der Waals surface area (Å²) in [6, 6.07) is 87.8. The molecule has 11 aromatic rings. The van der Waals surface area contributed by atoms with Gasteiger partial charge in [0.15, 0.2) is 0 Å². The van der Waals surface area contributed by atoms with Crippen LogP contribution in [-0.2, 0) is 0 Å². The van der Waals surface area contributed by atoms with Crippen molar-refractivity contribution < 1.29 is 0 Å². The SMILES string of the molecule is c1ccc(-c2ccccc2-c2ccc(N(c3cccc(-c4cccc(-n5c6ccccc6c6ccc7ccccc7c65)c4)c3)c3ccccc3-c3ccccc3)cc2)cc1. The highest BCUT2D eigenvalue weighted by atomic mass is 15.1. The zero-order chi connectivity index (χ0) is 39.8. The van der Waals surface area contributed by atoms with Crippen molar-refractivity contribution in [1.82, 2.24) is 4.57 Å². The molecule has 2 heteroatoms. The Morgan fingerprint density at radius 2 is 0.850 bits per heavy atom. The van der Waals surface area contributed by atoms with Gasteiger partial charge in [0.1, 0.15) is 0 Å². The Balaban J connectivity index is 1.05. The van der Waals surface area contributed by atoms with E-state index in [4.69, 9.17) is 0 Å². The lowest BCUT2D eigenvalue weighted by Gasteiger charge is -2.28. The molecular weight excluding hydrogens is 725 g/mol. The summed E-state index contributed by atoms with van der Waals surface area (Å²) in [6.45, 7) is 0. The third-order valence-electron chi connectivity index (χ3n) is 11.8. The summed E-state index contributed by atoms with van der Waals surface area (Å²) in [7, 11) is 0. The van der Waals surface area contributed by atoms with Crippen molar-refractivity contribution >= 4 is 49.6 Å². The van der Waals surface area contributed by atoms with Gasteiger partial charge < -0.3 is 9.47 Å². The number of hydrogen-bond donors (Lipinski definition) is 0. The van der Waals surface area contributed by atoms with Crippen molar-refractivity contribution in [2.45, 2.75) is 0 Å². The summed E-state index contributed by atoms with van der Waals surface area (Å²) in [4.78, 5) is 2.40. The molecule has 0 aliphatic carbocycles. The minimum absolute atomic E-state index is 1.08. The molecule has 10 aromatic carbocycles. The molecule has 0 aliphatic heterocycles. The van der Waals surface area contributed by atoms with E-state index in [1.807, 2.05) is 0 Å². The average Bonchev–Trinajstić information content (AvgIpc) is 3.68. The van der Waals surface area contributed by atoms with Gasteiger partial charge in [-0.1, -0.05) is 194 Å². The molecule has 0 saturated carbocycles. The van der Waals surface area contributed by atoms with Gasteiger partial charge in [0, 0.05) is 38.8 Å². The molecule has 2 nitrogen and oxygen atoms in total. The van der Waals surface area contributed by atoms with Gasteiger partial charge in [-0.2, -0.15) is 0 Å². The first kappa shape index (κ1) is 35.2. The molecule has 0 atom stereocenters. The van der Waals surface area contributed by atoms with Crippen molar-refractivity contribution in [3.63, 3.8) is 0 Å². The molecule has 11 rings (SSSR count). The van der Waals surface area contributed by atoms with Gasteiger partial charge in [0.2, 0.25) is 0 Å². The maximum absolute atomic E-state index is 2.44. The Morgan fingerprint density at radius 3 is 1.60 bits per heavy atom. The molecule has 0 aliphatic rings. The molecule has 1 aromatic heterocycles. The van der Waals surface area contributed by atoms with Crippen LogP contribution < -0.4 is 4.90 Å². The summed E-state index contributed by atoms with van der Waals surface area (Å²) in [5.41, 5.74) is 16.3. The maximum Gasteiger partial charge on any atom is 0.0619 e. The quantitative estimate of drug-likeness (QED) is 0.150. The second-order valence-electron chi connectivity index (χ2n) is 15.3. The number of nitrogens with zero attached hydrogens (tertiary/aromatic N) is 2. The monoisotopic (exact) mass is 764 g/mol. The van der Waals surface area contributed by atoms with Gasteiger partial charge in [-0.3, -0.25) is 0 Å². The zero-order valence-electron chi connectivity index (χ0n) is 33.0. The Hall–Kier alpha value is -7.94. The normalized spacial score (nSPS) is 11.3. The molecule has 0 fully saturated rings. The number of anilines is 3. The first-order valence-corrected chi connectivity index (χ1v) is 20.6. The van der Waals surface area contributed by atoms with E-state index in [9.17, 15) is 0 Å². The predicted molar refractivity (Wildman–Crippen MR) is 255 cm³/mol. The topological polar surface area (TPSA) is 8.17 Å². The van der Waals surface area contributed by atoms with Gasteiger partial charge in [0.05, 0.1) is 16.7 Å². The number of para-hydroxylation sites is 2. The van der Waals surface area contributed by atoms with E-state index in [-0.39, 0.29) is 0 Å². The lowest BCUT2D eigenvalue weighted by atomic mass is 9.94. The van der Waals surface area contributed by atoms with Gasteiger partial charge in [-0.15, -0.1) is 0 Å². The first-order chi connectivity index (χ1) is 29.8. The van der Waals surface area contributed by atoms with Crippen molar-refractivity contribution in [3.8, 4) is 50.2 Å². The van der Waals surface area contributed by atoms with Crippen LogP contribution in [0, 0.1) is 0 Å². The number of aromatic nitrogens is 1. The third-order valence-corrected chi connectivity index (χ3v) is 11.8. The van der Waals surface area contributed by atoms with E-state index in [1.54, 1.807) is 0 Å². The molecule has 1 heterocycles. The maximum atomic E-state index is 2.44. The number of hydrogen-bond acceptors (Lipinski definition) is 1. The number of benzene rings is 10. The molecular formula is C58H40N2. The second kappa shape index (κ2) is 15.1. The van der Waals surface area contributed by atoms with E-state index >= 15 is 0 Å². The molecule has 0 N–H and O–H groups in total. The highest BCUT2D eigenvalue weighted by molar-refractivity contribution is 6.18. The fourth-order valence-electron chi connectivity index (χ4n) is 9.00. The van der Waals surface area contributed by atoms with Gasteiger partial charge in [0.25, 0.3) is 0 Å². The van der Waals surface area contributed by atoms with Crippen LogP contribution >= 0.6 is 0 Å². The van der Waals surface area contributed by atoms with Crippen molar-refractivity contribution in [2.24, 2.45) is 0 Å². The molecule has 0 amide bonds. The molecule has 0 spiro atoms. The minimum atomic E-state index is 1.08. The van der Waals surface area contributed by atoms with Crippen LogP contribution in [0.25, 0.3) is 82.8 Å². The van der Waals surface area contributed by atoms with Crippen molar-refractivity contribution in [3.05, 3.63) is 243 Å². The minimum Gasteiger partial charge on any atom is -0.310 e.